The summed E-state index contributed by atoms with van der Waals surface area (Å²) in [5.74, 6) is 0. The smallest absolute Gasteiger partial charge is 0.0749 e. The number of halogens is 1. The number of hydrazine groups is 1. The van der Waals surface area contributed by atoms with Crippen molar-refractivity contribution in [2.45, 2.75) is 18.6 Å². The number of aliphatic hydroxyl groups excluding tert-OH is 1. The summed E-state index contributed by atoms with van der Waals surface area (Å²) in [4.78, 5) is 0. The number of nitrogens with one attached hydrogen (secondary N) is 1. The van der Waals surface area contributed by atoms with Crippen molar-refractivity contribution in [3.8, 4) is 0 Å². The summed E-state index contributed by atoms with van der Waals surface area (Å²) in [7, 11) is 0. The average molecular weight is 289 g/mol. The molecule has 0 saturated carbocycles. The van der Waals surface area contributed by atoms with Crippen LogP contribution in [-0.4, -0.2) is 17.8 Å². The van der Waals surface area contributed by atoms with Crippen molar-refractivity contribution in [2.75, 3.05) is 11.6 Å². The number of anilines is 1. The summed E-state index contributed by atoms with van der Waals surface area (Å²) in [6.45, 7) is 0.559. The van der Waals surface area contributed by atoms with Crippen molar-refractivity contribution >= 4 is 17.3 Å². The van der Waals surface area contributed by atoms with Gasteiger partial charge in [-0.25, -0.2) is 5.43 Å². The van der Waals surface area contributed by atoms with Crippen molar-refractivity contribution in [2.24, 2.45) is 0 Å². The van der Waals surface area contributed by atoms with Crippen LogP contribution in [0.15, 0.2) is 54.6 Å². The van der Waals surface area contributed by atoms with Crippen molar-refractivity contribution in [1.82, 2.24) is 5.43 Å². The monoisotopic (exact) mass is 288 g/mol. The molecule has 3 rings (SSSR count). The summed E-state index contributed by atoms with van der Waals surface area (Å²) < 4.78 is 0. The molecule has 0 bridgehead atoms. The minimum Gasteiger partial charge on any atom is -0.391 e. The molecule has 0 amide bonds. The standard InChI is InChI=1S/C16H17ClN2O/c17-13-7-4-8-14(9-13)19-11-15(20)10-16(18-19)12-5-2-1-3-6-12/h1-9,15-16,18,20H,10-11H2/t15-,16-/m1/s1. The summed E-state index contributed by atoms with van der Waals surface area (Å²) in [5.41, 5.74) is 5.61. The molecule has 1 fully saturated rings. The number of benzene rings is 2. The van der Waals surface area contributed by atoms with Gasteiger partial charge in [-0.2, -0.15) is 0 Å². The van der Waals surface area contributed by atoms with Crippen molar-refractivity contribution in [3.05, 3.63) is 65.2 Å². The van der Waals surface area contributed by atoms with E-state index in [2.05, 4.69) is 17.6 Å². The maximum Gasteiger partial charge on any atom is 0.0749 e. The first kappa shape index (κ1) is 13.4. The Morgan fingerprint density at radius 3 is 2.65 bits per heavy atom. The third-order valence-corrected chi connectivity index (χ3v) is 3.77. The molecule has 2 aromatic rings. The first-order valence-electron chi connectivity index (χ1n) is 6.74. The normalized spacial score (nSPS) is 22.8. The predicted molar refractivity (Wildman–Crippen MR) is 81.7 cm³/mol. The van der Waals surface area contributed by atoms with E-state index >= 15 is 0 Å². The lowest BCUT2D eigenvalue weighted by Crippen LogP contribution is -2.51. The van der Waals surface area contributed by atoms with Crippen molar-refractivity contribution < 1.29 is 5.11 Å². The van der Waals surface area contributed by atoms with Gasteiger partial charge in [-0.15, -0.1) is 0 Å². The van der Waals surface area contributed by atoms with Crippen LogP contribution in [0.1, 0.15) is 18.0 Å². The lowest BCUT2D eigenvalue weighted by molar-refractivity contribution is 0.126. The Morgan fingerprint density at radius 1 is 1.10 bits per heavy atom. The molecule has 0 spiro atoms. The van der Waals surface area contributed by atoms with E-state index in [1.807, 2.05) is 47.5 Å². The van der Waals surface area contributed by atoms with E-state index in [-0.39, 0.29) is 12.1 Å². The Morgan fingerprint density at radius 2 is 1.90 bits per heavy atom. The number of hydrogen-bond acceptors (Lipinski definition) is 3. The molecular weight excluding hydrogens is 272 g/mol. The summed E-state index contributed by atoms with van der Waals surface area (Å²) in [6.07, 6.45) is 0.349. The van der Waals surface area contributed by atoms with Gasteiger partial charge in [0.1, 0.15) is 0 Å². The Bertz CT molecular complexity index is 576. The summed E-state index contributed by atoms with van der Waals surface area (Å²) in [6, 6.07) is 17.9. The molecule has 1 heterocycles. The molecule has 20 heavy (non-hydrogen) atoms. The van der Waals surface area contributed by atoms with E-state index in [1.165, 1.54) is 5.56 Å². The molecular formula is C16H17ClN2O. The lowest BCUT2D eigenvalue weighted by Gasteiger charge is -2.38. The van der Waals surface area contributed by atoms with Crippen LogP contribution < -0.4 is 10.4 Å². The zero-order valence-corrected chi connectivity index (χ0v) is 11.8. The zero-order chi connectivity index (χ0) is 13.9. The predicted octanol–water partition coefficient (Wildman–Crippen LogP) is 3.16. The second kappa shape index (κ2) is 5.83. The first-order valence-corrected chi connectivity index (χ1v) is 7.12. The largest absolute Gasteiger partial charge is 0.391 e. The Labute approximate surface area is 123 Å². The van der Waals surface area contributed by atoms with Gasteiger partial charge >= 0.3 is 0 Å². The highest BCUT2D eigenvalue weighted by Crippen LogP contribution is 2.27. The molecule has 1 saturated heterocycles. The molecule has 4 heteroatoms. The summed E-state index contributed by atoms with van der Waals surface area (Å²) in [5, 5.41) is 12.8. The second-order valence-electron chi connectivity index (χ2n) is 5.07. The number of β-amino-alcohol motifs (C(OH)–C–C–N with tert-alkyl or cyclic N) is 1. The number of nitrogens with zero attached hydrogens (tertiary/aromatic N) is 1. The van der Waals surface area contributed by atoms with E-state index < -0.39 is 0 Å². The van der Waals surface area contributed by atoms with Crippen LogP contribution in [0.25, 0.3) is 0 Å². The average Bonchev–Trinajstić information content (AvgIpc) is 2.47. The molecule has 104 valence electrons. The molecule has 0 aromatic heterocycles. The fraction of sp³-hybridized carbons (Fsp3) is 0.250. The molecule has 1 aliphatic heterocycles. The van der Waals surface area contributed by atoms with E-state index in [9.17, 15) is 5.11 Å². The maximum absolute atomic E-state index is 10.1. The van der Waals surface area contributed by atoms with Gasteiger partial charge in [-0.3, -0.25) is 0 Å². The van der Waals surface area contributed by atoms with Gasteiger partial charge in [0.25, 0.3) is 0 Å². The minimum atomic E-state index is -0.361. The maximum atomic E-state index is 10.1. The Kier molecular flexibility index (Phi) is 3.92. The molecule has 0 unspecified atom stereocenters. The molecule has 2 N–H and O–H groups in total. The van der Waals surface area contributed by atoms with E-state index in [0.29, 0.717) is 18.0 Å². The van der Waals surface area contributed by atoms with Crippen molar-refractivity contribution in [3.63, 3.8) is 0 Å². The van der Waals surface area contributed by atoms with Crippen LogP contribution in [0.3, 0.4) is 0 Å². The molecule has 0 aliphatic carbocycles. The SMILES string of the molecule is O[C@@H]1C[C@H](c2ccccc2)NN(c2cccc(Cl)c2)C1. The van der Waals surface area contributed by atoms with Gasteiger partial charge in [-0.1, -0.05) is 48.0 Å². The first-order chi connectivity index (χ1) is 9.72. The second-order valence-corrected chi connectivity index (χ2v) is 5.51. The highest BCUT2D eigenvalue weighted by Gasteiger charge is 2.26. The summed E-state index contributed by atoms with van der Waals surface area (Å²) >= 11 is 6.04. The van der Waals surface area contributed by atoms with E-state index in [4.69, 9.17) is 11.6 Å². The topological polar surface area (TPSA) is 35.5 Å². The number of hydrogen-bond donors (Lipinski definition) is 2. The zero-order valence-electron chi connectivity index (χ0n) is 11.0. The molecule has 1 aliphatic rings. The lowest BCUT2D eigenvalue weighted by atomic mass is 9.99. The molecule has 0 radical (unpaired) electrons. The number of rotatable bonds is 2. The van der Waals surface area contributed by atoms with Gasteiger partial charge in [-0.05, 0) is 30.2 Å². The fourth-order valence-corrected chi connectivity index (χ4v) is 2.76. The van der Waals surface area contributed by atoms with E-state index in [0.717, 1.165) is 5.69 Å². The van der Waals surface area contributed by atoms with Crippen LogP contribution in [-0.2, 0) is 0 Å². The van der Waals surface area contributed by atoms with Crippen LogP contribution in [0.4, 0.5) is 5.69 Å². The molecule has 3 nitrogen and oxygen atoms in total. The number of aliphatic hydroxyl groups is 1. The van der Waals surface area contributed by atoms with Gasteiger partial charge in [0.15, 0.2) is 0 Å². The quantitative estimate of drug-likeness (QED) is 0.891. The van der Waals surface area contributed by atoms with E-state index in [1.54, 1.807) is 0 Å². The minimum absolute atomic E-state index is 0.110. The molecule has 2 atom stereocenters. The highest BCUT2D eigenvalue weighted by atomic mass is 35.5. The Balaban J connectivity index is 1.83. The highest BCUT2D eigenvalue weighted by molar-refractivity contribution is 6.30. The van der Waals surface area contributed by atoms with Crippen LogP contribution >= 0.6 is 11.6 Å². The fourth-order valence-electron chi connectivity index (χ4n) is 2.57. The van der Waals surface area contributed by atoms with Crippen molar-refractivity contribution in [1.29, 1.82) is 0 Å². The van der Waals surface area contributed by atoms with Gasteiger partial charge in [0, 0.05) is 5.02 Å². The van der Waals surface area contributed by atoms with Crippen LogP contribution in [0, 0.1) is 0 Å². The third-order valence-electron chi connectivity index (χ3n) is 3.53. The Hall–Kier alpha value is -1.55. The molecule has 2 aromatic carbocycles. The van der Waals surface area contributed by atoms with Gasteiger partial charge in [0.2, 0.25) is 0 Å². The van der Waals surface area contributed by atoms with Crippen LogP contribution in [0.5, 0.6) is 0 Å². The van der Waals surface area contributed by atoms with Gasteiger partial charge in [0.05, 0.1) is 24.4 Å². The van der Waals surface area contributed by atoms with Crippen LogP contribution in [0.2, 0.25) is 5.02 Å². The third kappa shape index (κ3) is 2.96. The van der Waals surface area contributed by atoms with Gasteiger partial charge < -0.3 is 10.1 Å².